The SMILES string of the molecule is CC/C=C\C/C=C\C/C=C\C/C=C\C/C=C\CCCCCCCCCCCC(=O)OC(COC(=O)CCCCCCCCCCCCCCCCCCCCCCC/C=C\C/C=C\CCCCCCC)COC(OCC[N+](C)(C)C)C(=O)[O-]. The third-order valence-corrected chi connectivity index (χ3v) is 15.1. The first kappa shape index (κ1) is 79.5. The van der Waals surface area contributed by atoms with Crippen molar-refractivity contribution in [2.45, 2.75) is 322 Å². The number of allylic oxidation sites excluding steroid dienone is 14. The number of hydrogen-bond donors (Lipinski definition) is 0. The van der Waals surface area contributed by atoms with E-state index in [0.717, 1.165) is 83.5 Å². The number of carbonyl (C=O) groups is 3. The van der Waals surface area contributed by atoms with E-state index in [9.17, 15) is 19.5 Å². The zero-order valence-electron chi connectivity index (χ0n) is 54.8. The second kappa shape index (κ2) is 64.5. The number of esters is 2. The smallest absolute Gasteiger partial charge is 0.306 e. The summed E-state index contributed by atoms with van der Waals surface area (Å²) in [6, 6.07) is 0. The molecule has 0 heterocycles. The molecule has 0 aliphatic heterocycles. The van der Waals surface area contributed by atoms with Gasteiger partial charge in [-0.05, 0) is 89.9 Å². The Balaban J connectivity index is 4.09. The minimum absolute atomic E-state index is 0.144. The molecule has 0 fully saturated rings. The van der Waals surface area contributed by atoms with E-state index in [1.165, 1.54) is 193 Å². The Morgan fingerprint density at radius 1 is 0.373 bits per heavy atom. The average molecular weight is 1160 g/mol. The van der Waals surface area contributed by atoms with Crippen molar-refractivity contribution in [3.05, 3.63) is 85.1 Å². The number of carboxylic acids is 1. The number of aliphatic carboxylic acids is 1. The Labute approximate surface area is 512 Å². The van der Waals surface area contributed by atoms with Crippen LogP contribution >= 0.6 is 0 Å². The van der Waals surface area contributed by atoms with Crippen LogP contribution in [0, 0.1) is 0 Å². The molecule has 83 heavy (non-hydrogen) atoms. The molecule has 0 radical (unpaired) electrons. The van der Waals surface area contributed by atoms with Crippen molar-refractivity contribution >= 4 is 17.9 Å². The topological polar surface area (TPSA) is 111 Å². The summed E-state index contributed by atoms with van der Waals surface area (Å²) in [4.78, 5) is 37.5. The predicted octanol–water partition coefficient (Wildman–Crippen LogP) is 20.1. The maximum Gasteiger partial charge on any atom is 0.306 e. The Morgan fingerprint density at radius 3 is 1.02 bits per heavy atom. The molecule has 9 heteroatoms. The van der Waals surface area contributed by atoms with Gasteiger partial charge in [-0.2, -0.15) is 0 Å². The van der Waals surface area contributed by atoms with Crippen molar-refractivity contribution in [2.24, 2.45) is 0 Å². The Bertz CT molecular complexity index is 1640. The molecule has 9 nitrogen and oxygen atoms in total. The number of carboxylic acid groups (broad SMARTS) is 1. The van der Waals surface area contributed by atoms with Gasteiger partial charge in [-0.15, -0.1) is 0 Å². The summed E-state index contributed by atoms with van der Waals surface area (Å²) in [5.41, 5.74) is 0. The van der Waals surface area contributed by atoms with Gasteiger partial charge >= 0.3 is 11.9 Å². The first-order valence-electron chi connectivity index (χ1n) is 34.7. The third-order valence-electron chi connectivity index (χ3n) is 15.1. The predicted molar refractivity (Wildman–Crippen MR) is 352 cm³/mol. The van der Waals surface area contributed by atoms with Crippen LogP contribution in [0.2, 0.25) is 0 Å². The normalized spacial score (nSPS) is 13.2. The van der Waals surface area contributed by atoms with Crippen LogP contribution in [0.25, 0.3) is 0 Å². The third kappa shape index (κ3) is 65.9. The van der Waals surface area contributed by atoms with Gasteiger partial charge in [0.05, 0.1) is 40.3 Å². The molecule has 2 atom stereocenters. The molecule has 0 aromatic heterocycles. The first-order chi connectivity index (χ1) is 40.6. The van der Waals surface area contributed by atoms with E-state index in [2.05, 4.69) is 98.9 Å². The molecule has 480 valence electrons. The summed E-state index contributed by atoms with van der Waals surface area (Å²) < 4.78 is 22.8. The van der Waals surface area contributed by atoms with Gasteiger partial charge in [0.15, 0.2) is 12.4 Å². The second-order valence-electron chi connectivity index (χ2n) is 24.4. The zero-order chi connectivity index (χ0) is 60.5. The summed E-state index contributed by atoms with van der Waals surface area (Å²) in [5, 5.41) is 11.8. The van der Waals surface area contributed by atoms with Gasteiger partial charge < -0.3 is 33.3 Å². The molecule has 0 saturated carbocycles. The van der Waals surface area contributed by atoms with Crippen molar-refractivity contribution < 1.29 is 42.9 Å². The highest BCUT2D eigenvalue weighted by Crippen LogP contribution is 2.18. The van der Waals surface area contributed by atoms with Gasteiger partial charge in [0.2, 0.25) is 0 Å². The largest absolute Gasteiger partial charge is 0.545 e. The van der Waals surface area contributed by atoms with Crippen LogP contribution in [0.3, 0.4) is 0 Å². The standard InChI is InChI=1S/C74H131NO8/c1-6-8-10-12-14-16-18-20-22-24-26-28-30-32-33-34-35-36-37-38-39-41-42-44-46-48-50-52-54-56-58-60-62-64-71(76)81-68-70(69-82-74(73(78)79)80-67-66-75(3,4)5)83-72(77)65-63-61-59-57-55-53-51-49-47-45-43-40-31-29-27-25-23-21-19-17-15-13-11-9-7-2/h9,11,15,17-18,20-21,23-24,26-27,29,40,43,70,74H,6-8,10,12-14,16,19,22,25,28,30-39,41-42,44-69H2,1-5H3/b11-9-,17-15-,20-18-,23-21-,26-24-,29-27-,43-40-. The Morgan fingerprint density at radius 2 is 0.687 bits per heavy atom. The number of likely N-dealkylation sites (N-methyl/N-ethyl adjacent to an activating group) is 1. The van der Waals surface area contributed by atoms with E-state index >= 15 is 0 Å². The van der Waals surface area contributed by atoms with Crippen LogP contribution in [0.15, 0.2) is 85.1 Å². The number of quaternary nitrogens is 1. The summed E-state index contributed by atoms with van der Waals surface area (Å²) in [5.74, 6) is -2.28. The van der Waals surface area contributed by atoms with Crippen molar-refractivity contribution in [3.8, 4) is 0 Å². The lowest BCUT2D eigenvalue weighted by atomic mass is 10.0. The molecule has 0 aliphatic rings. The van der Waals surface area contributed by atoms with Gasteiger partial charge in [0.1, 0.15) is 13.2 Å². The molecule has 0 N–H and O–H groups in total. The highest BCUT2D eigenvalue weighted by molar-refractivity contribution is 5.70. The summed E-state index contributed by atoms with van der Waals surface area (Å²) in [7, 11) is 5.93. The number of ether oxygens (including phenoxy) is 4. The van der Waals surface area contributed by atoms with Crippen LogP contribution in [-0.2, 0) is 33.3 Å². The van der Waals surface area contributed by atoms with Gasteiger partial charge in [0.25, 0.3) is 0 Å². The van der Waals surface area contributed by atoms with Crippen molar-refractivity contribution in [1.82, 2.24) is 0 Å². The monoisotopic (exact) mass is 1160 g/mol. The van der Waals surface area contributed by atoms with Crippen molar-refractivity contribution in [1.29, 1.82) is 0 Å². The molecule has 0 saturated heterocycles. The molecule has 0 aliphatic carbocycles. The minimum atomic E-state index is -1.63. The van der Waals surface area contributed by atoms with E-state index in [4.69, 9.17) is 18.9 Å². The fourth-order valence-corrected chi connectivity index (χ4v) is 9.83. The molecule has 0 amide bonds. The average Bonchev–Trinajstić information content (AvgIpc) is 3.46. The fourth-order valence-electron chi connectivity index (χ4n) is 9.83. The minimum Gasteiger partial charge on any atom is -0.545 e. The molecular weight excluding hydrogens is 1030 g/mol. The van der Waals surface area contributed by atoms with E-state index in [1.807, 2.05) is 21.1 Å². The second-order valence-corrected chi connectivity index (χ2v) is 24.4. The quantitative estimate of drug-likeness (QED) is 0.0195. The van der Waals surface area contributed by atoms with Crippen molar-refractivity contribution in [2.75, 3.05) is 47.5 Å². The lowest BCUT2D eigenvalue weighted by Crippen LogP contribution is -2.44. The maximum atomic E-state index is 12.9. The van der Waals surface area contributed by atoms with Crippen LogP contribution in [-0.4, -0.2) is 82.3 Å². The highest BCUT2D eigenvalue weighted by Gasteiger charge is 2.22. The van der Waals surface area contributed by atoms with E-state index in [0.29, 0.717) is 23.9 Å². The number of hydrogen-bond acceptors (Lipinski definition) is 8. The van der Waals surface area contributed by atoms with Gasteiger partial charge in [0, 0.05) is 12.8 Å². The summed E-state index contributed by atoms with van der Waals surface area (Å²) >= 11 is 0. The Hall–Kier alpha value is -3.53. The van der Waals surface area contributed by atoms with Gasteiger partial charge in [-0.3, -0.25) is 9.59 Å². The maximum absolute atomic E-state index is 12.9. The molecule has 0 rings (SSSR count). The summed E-state index contributed by atoms with van der Waals surface area (Å²) in [6.45, 7) is 4.65. The van der Waals surface area contributed by atoms with Crippen LogP contribution in [0.1, 0.15) is 309 Å². The number of unbranched alkanes of at least 4 members (excludes halogenated alkanes) is 35. The van der Waals surface area contributed by atoms with Gasteiger partial charge in [-0.25, -0.2) is 0 Å². The van der Waals surface area contributed by atoms with Crippen LogP contribution < -0.4 is 5.11 Å². The highest BCUT2D eigenvalue weighted by atomic mass is 16.7. The zero-order valence-corrected chi connectivity index (χ0v) is 54.8. The van der Waals surface area contributed by atoms with E-state index in [1.54, 1.807) is 0 Å². The molecule has 0 aromatic rings. The molecule has 0 aromatic carbocycles. The molecule has 0 spiro atoms. The van der Waals surface area contributed by atoms with E-state index < -0.39 is 24.3 Å². The summed E-state index contributed by atoms with van der Waals surface area (Å²) in [6.07, 6.45) is 83.8. The molecule has 0 bridgehead atoms. The molecular formula is C74H131NO8. The number of carbonyl (C=O) groups excluding carboxylic acids is 3. The van der Waals surface area contributed by atoms with E-state index in [-0.39, 0.29) is 32.2 Å². The Kier molecular flexibility index (Phi) is 61.7. The van der Waals surface area contributed by atoms with Crippen LogP contribution in [0.4, 0.5) is 0 Å². The number of rotatable bonds is 64. The van der Waals surface area contributed by atoms with Crippen LogP contribution in [0.5, 0.6) is 0 Å². The lowest BCUT2D eigenvalue weighted by Gasteiger charge is -2.26. The lowest BCUT2D eigenvalue weighted by molar-refractivity contribution is -0.870. The van der Waals surface area contributed by atoms with Gasteiger partial charge in [-0.1, -0.05) is 292 Å². The van der Waals surface area contributed by atoms with Crippen molar-refractivity contribution in [3.63, 3.8) is 0 Å². The number of nitrogens with zero attached hydrogens (tertiary/aromatic N) is 1. The fraction of sp³-hybridized carbons (Fsp3) is 0.770. The molecule has 2 unspecified atom stereocenters. The first-order valence-corrected chi connectivity index (χ1v) is 34.7.